The first-order chi connectivity index (χ1) is 9.50. The molecule has 0 bridgehead atoms. The number of hydrogen-bond acceptors (Lipinski definition) is 3. The molecule has 1 heterocycles. The van der Waals surface area contributed by atoms with Crippen molar-refractivity contribution in [2.45, 2.75) is 52.1 Å². The highest BCUT2D eigenvalue weighted by Gasteiger charge is 2.27. The van der Waals surface area contributed by atoms with Gasteiger partial charge in [-0.15, -0.1) is 0 Å². The van der Waals surface area contributed by atoms with Gasteiger partial charge in [0.25, 0.3) is 0 Å². The van der Waals surface area contributed by atoms with Crippen LogP contribution in [-0.2, 0) is 13.6 Å². The highest BCUT2D eigenvalue weighted by Crippen LogP contribution is 2.30. The second-order valence-electron chi connectivity index (χ2n) is 6.11. The van der Waals surface area contributed by atoms with Crippen LogP contribution in [0, 0.1) is 11.8 Å². The molecule has 0 aliphatic heterocycles. The van der Waals surface area contributed by atoms with Crippen LogP contribution in [-0.4, -0.2) is 26.9 Å². The maximum Gasteiger partial charge on any atom is 0.339 e. The SMILES string of the molecule is CC(C)C1CCCCC1NCc1c(C(=O)O)cnn1C. The smallest absolute Gasteiger partial charge is 0.339 e. The Bertz CT molecular complexity index is 468. The van der Waals surface area contributed by atoms with E-state index >= 15 is 0 Å². The van der Waals surface area contributed by atoms with Crippen LogP contribution in [0.1, 0.15) is 55.6 Å². The molecule has 2 N–H and O–H groups in total. The lowest BCUT2D eigenvalue weighted by atomic mass is 9.78. The van der Waals surface area contributed by atoms with Crippen molar-refractivity contribution < 1.29 is 9.90 Å². The summed E-state index contributed by atoms with van der Waals surface area (Å²) in [5.74, 6) is 0.447. The molecular weight excluding hydrogens is 254 g/mol. The van der Waals surface area contributed by atoms with Gasteiger partial charge in [0.15, 0.2) is 0 Å². The quantitative estimate of drug-likeness (QED) is 0.868. The van der Waals surface area contributed by atoms with Crippen LogP contribution in [0.2, 0.25) is 0 Å². The zero-order valence-corrected chi connectivity index (χ0v) is 12.6. The first-order valence-corrected chi connectivity index (χ1v) is 7.48. The van der Waals surface area contributed by atoms with E-state index in [1.165, 1.54) is 31.9 Å². The summed E-state index contributed by atoms with van der Waals surface area (Å²) < 4.78 is 1.66. The lowest BCUT2D eigenvalue weighted by Gasteiger charge is -2.35. The van der Waals surface area contributed by atoms with Crippen molar-refractivity contribution in [1.29, 1.82) is 0 Å². The summed E-state index contributed by atoms with van der Waals surface area (Å²) in [7, 11) is 1.80. The Hall–Kier alpha value is -1.36. The van der Waals surface area contributed by atoms with Crippen LogP contribution in [0.25, 0.3) is 0 Å². The van der Waals surface area contributed by atoms with Gasteiger partial charge in [0.1, 0.15) is 5.56 Å². The highest BCUT2D eigenvalue weighted by atomic mass is 16.4. The Morgan fingerprint density at radius 1 is 1.50 bits per heavy atom. The Balaban J connectivity index is 2.04. The number of nitrogens with one attached hydrogen (secondary N) is 1. The van der Waals surface area contributed by atoms with Crippen LogP contribution in [0.3, 0.4) is 0 Å². The van der Waals surface area contributed by atoms with E-state index in [0.717, 1.165) is 5.69 Å². The van der Waals surface area contributed by atoms with Crippen molar-refractivity contribution >= 4 is 5.97 Å². The normalized spacial score (nSPS) is 23.2. The molecule has 20 heavy (non-hydrogen) atoms. The maximum absolute atomic E-state index is 11.2. The number of carbonyl (C=O) groups is 1. The number of aromatic carboxylic acids is 1. The molecule has 2 rings (SSSR count). The summed E-state index contributed by atoms with van der Waals surface area (Å²) in [6.07, 6.45) is 6.46. The number of hydrogen-bond donors (Lipinski definition) is 2. The van der Waals surface area contributed by atoms with E-state index in [1.54, 1.807) is 11.7 Å². The van der Waals surface area contributed by atoms with Crippen LogP contribution >= 0.6 is 0 Å². The van der Waals surface area contributed by atoms with E-state index in [0.29, 0.717) is 30.0 Å². The zero-order chi connectivity index (χ0) is 14.7. The van der Waals surface area contributed by atoms with E-state index in [4.69, 9.17) is 0 Å². The van der Waals surface area contributed by atoms with Gasteiger partial charge in [0.05, 0.1) is 11.9 Å². The topological polar surface area (TPSA) is 67.2 Å². The van der Waals surface area contributed by atoms with E-state index in [1.807, 2.05) is 0 Å². The third-order valence-electron chi connectivity index (χ3n) is 4.50. The number of carboxylic acids is 1. The minimum atomic E-state index is -0.904. The average Bonchev–Trinajstić information content (AvgIpc) is 2.78. The van der Waals surface area contributed by atoms with Crippen LogP contribution in [0.4, 0.5) is 0 Å². The standard InChI is InChI=1S/C15H25N3O2/c1-10(2)11-6-4-5-7-13(11)16-9-14-12(15(19)20)8-17-18(14)3/h8,10-11,13,16H,4-7,9H2,1-3H3,(H,19,20). The monoisotopic (exact) mass is 279 g/mol. The largest absolute Gasteiger partial charge is 0.478 e. The minimum absolute atomic E-state index is 0.303. The van der Waals surface area contributed by atoms with Crippen molar-refractivity contribution in [2.24, 2.45) is 18.9 Å². The van der Waals surface area contributed by atoms with Gasteiger partial charge in [-0.05, 0) is 24.7 Å². The molecule has 0 aromatic carbocycles. The number of nitrogens with zero attached hydrogens (tertiary/aromatic N) is 2. The summed E-state index contributed by atoms with van der Waals surface area (Å²) in [5.41, 5.74) is 1.06. The second-order valence-corrected chi connectivity index (χ2v) is 6.11. The molecule has 5 heteroatoms. The van der Waals surface area contributed by atoms with Gasteiger partial charge in [-0.1, -0.05) is 26.7 Å². The molecule has 1 aromatic rings. The molecule has 0 amide bonds. The lowest BCUT2D eigenvalue weighted by Crippen LogP contribution is -2.41. The second kappa shape index (κ2) is 6.39. The van der Waals surface area contributed by atoms with Gasteiger partial charge in [0.2, 0.25) is 0 Å². The molecule has 1 aliphatic carbocycles. The Kier molecular flexibility index (Phi) is 4.81. The van der Waals surface area contributed by atoms with Crippen molar-refractivity contribution in [3.8, 4) is 0 Å². The summed E-state index contributed by atoms with van der Waals surface area (Å²) in [5, 5.41) is 16.8. The molecule has 2 atom stereocenters. The third-order valence-corrected chi connectivity index (χ3v) is 4.50. The Morgan fingerprint density at radius 3 is 2.85 bits per heavy atom. The molecule has 5 nitrogen and oxygen atoms in total. The van der Waals surface area contributed by atoms with E-state index < -0.39 is 5.97 Å². The maximum atomic E-state index is 11.2. The molecule has 0 radical (unpaired) electrons. The molecule has 1 saturated carbocycles. The van der Waals surface area contributed by atoms with Crippen molar-refractivity contribution in [2.75, 3.05) is 0 Å². The third kappa shape index (κ3) is 3.20. The minimum Gasteiger partial charge on any atom is -0.478 e. The van der Waals surface area contributed by atoms with Gasteiger partial charge < -0.3 is 10.4 Å². The summed E-state index contributed by atoms with van der Waals surface area (Å²) >= 11 is 0. The van der Waals surface area contributed by atoms with E-state index in [9.17, 15) is 9.90 Å². The van der Waals surface area contributed by atoms with Crippen LogP contribution in [0.5, 0.6) is 0 Å². The van der Waals surface area contributed by atoms with Gasteiger partial charge >= 0.3 is 5.97 Å². The molecule has 0 spiro atoms. The molecule has 1 aliphatic rings. The summed E-state index contributed by atoms with van der Waals surface area (Å²) in [6, 6.07) is 0.486. The summed E-state index contributed by atoms with van der Waals surface area (Å²) in [6.45, 7) is 5.13. The Morgan fingerprint density at radius 2 is 2.20 bits per heavy atom. The first-order valence-electron chi connectivity index (χ1n) is 7.48. The predicted molar refractivity (Wildman–Crippen MR) is 77.6 cm³/mol. The van der Waals surface area contributed by atoms with Crippen molar-refractivity contribution in [1.82, 2.24) is 15.1 Å². The molecule has 0 saturated heterocycles. The average molecular weight is 279 g/mol. The summed E-state index contributed by atoms with van der Waals surface area (Å²) in [4.78, 5) is 11.2. The molecule has 2 unspecified atom stereocenters. The number of rotatable bonds is 5. The van der Waals surface area contributed by atoms with Gasteiger partial charge in [0, 0.05) is 19.6 Å². The van der Waals surface area contributed by atoms with Crippen LogP contribution < -0.4 is 5.32 Å². The fourth-order valence-electron chi connectivity index (χ4n) is 3.29. The number of aryl methyl sites for hydroxylation is 1. The first kappa shape index (κ1) is 15.0. The Labute approximate surface area is 120 Å². The van der Waals surface area contributed by atoms with Crippen LogP contribution in [0.15, 0.2) is 6.20 Å². The van der Waals surface area contributed by atoms with E-state index in [-0.39, 0.29) is 0 Å². The predicted octanol–water partition coefficient (Wildman–Crippen LogP) is 2.42. The fraction of sp³-hybridized carbons (Fsp3) is 0.733. The van der Waals surface area contributed by atoms with Gasteiger partial charge in [-0.2, -0.15) is 5.10 Å². The molecule has 1 fully saturated rings. The zero-order valence-electron chi connectivity index (χ0n) is 12.6. The fourth-order valence-corrected chi connectivity index (χ4v) is 3.29. The molecule has 1 aromatic heterocycles. The number of aromatic nitrogens is 2. The van der Waals surface area contributed by atoms with Gasteiger partial charge in [-0.25, -0.2) is 4.79 Å². The molecule has 112 valence electrons. The van der Waals surface area contributed by atoms with E-state index in [2.05, 4.69) is 24.3 Å². The lowest BCUT2D eigenvalue weighted by molar-refractivity contribution is 0.0695. The van der Waals surface area contributed by atoms with Crippen molar-refractivity contribution in [3.63, 3.8) is 0 Å². The van der Waals surface area contributed by atoms with Gasteiger partial charge in [-0.3, -0.25) is 4.68 Å². The van der Waals surface area contributed by atoms with Crippen molar-refractivity contribution in [3.05, 3.63) is 17.5 Å². The highest BCUT2D eigenvalue weighted by molar-refractivity contribution is 5.88. The number of carboxylic acid groups (broad SMARTS) is 1. The molecular formula is C15H25N3O2.